The van der Waals surface area contributed by atoms with E-state index in [-0.39, 0.29) is 0 Å². The summed E-state index contributed by atoms with van der Waals surface area (Å²) in [6.45, 7) is 4.00. The van der Waals surface area contributed by atoms with Crippen LogP contribution in [0.4, 0.5) is 0 Å². The van der Waals surface area contributed by atoms with E-state index in [0.29, 0.717) is 22.8 Å². The van der Waals surface area contributed by atoms with Gasteiger partial charge in [-0.05, 0) is 43.2 Å². The van der Waals surface area contributed by atoms with E-state index in [1.165, 1.54) is 14.2 Å². The van der Waals surface area contributed by atoms with Gasteiger partial charge in [-0.25, -0.2) is 0 Å². The van der Waals surface area contributed by atoms with E-state index in [1.54, 1.807) is 12.1 Å². The second-order valence-corrected chi connectivity index (χ2v) is 4.67. The molecular weight excluding hydrogens is 268 g/mol. The first kappa shape index (κ1) is 14.9. The molecule has 110 valence electrons. The Bertz CT molecular complexity index is 662. The number of ether oxygens (including phenoxy) is 3. The van der Waals surface area contributed by atoms with E-state index in [0.717, 1.165) is 23.2 Å². The number of carbonyl (C=O) groups is 1. The van der Waals surface area contributed by atoms with Crippen molar-refractivity contribution in [3.05, 3.63) is 47.0 Å². The zero-order valence-corrected chi connectivity index (χ0v) is 12.6. The number of hydrogen-bond acceptors (Lipinski definition) is 4. The Morgan fingerprint density at radius 2 is 1.67 bits per heavy atom. The summed E-state index contributed by atoms with van der Waals surface area (Å²) in [6.07, 6.45) is 0.748. The molecule has 0 fully saturated rings. The molecule has 0 aromatic heterocycles. The summed E-state index contributed by atoms with van der Waals surface area (Å²) in [4.78, 5) is 11.0. The number of rotatable bonds is 5. The van der Waals surface area contributed by atoms with Crippen LogP contribution >= 0.6 is 0 Å². The Kier molecular flexibility index (Phi) is 4.48. The van der Waals surface area contributed by atoms with Crippen LogP contribution in [0.25, 0.3) is 0 Å². The molecule has 0 aliphatic heterocycles. The van der Waals surface area contributed by atoms with Crippen molar-refractivity contribution < 1.29 is 19.0 Å². The summed E-state index contributed by atoms with van der Waals surface area (Å²) in [7, 11) is 3.06. The third kappa shape index (κ3) is 2.99. The van der Waals surface area contributed by atoms with Crippen molar-refractivity contribution in [1.82, 2.24) is 0 Å². The maximum absolute atomic E-state index is 11.0. The molecule has 4 nitrogen and oxygen atoms in total. The number of aryl methyl sites for hydroxylation is 1. The molecule has 0 spiro atoms. The second-order valence-electron chi connectivity index (χ2n) is 4.67. The molecule has 0 aliphatic rings. The molecule has 21 heavy (non-hydrogen) atoms. The van der Waals surface area contributed by atoms with Gasteiger partial charge in [0.2, 0.25) is 5.75 Å². The van der Waals surface area contributed by atoms with Crippen molar-refractivity contribution in [2.24, 2.45) is 0 Å². The zero-order chi connectivity index (χ0) is 15.4. The minimum atomic E-state index is 0.452. The van der Waals surface area contributed by atoms with Gasteiger partial charge in [0.15, 0.2) is 11.5 Å². The molecule has 4 heteroatoms. The summed E-state index contributed by atoms with van der Waals surface area (Å²) in [6, 6.07) is 9.06. The number of hydrogen-bond donors (Lipinski definition) is 0. The fourth-order valence-electron chi connectivity index (χ4n) is 2.05. The molecule has 0 radical (unpaired) electrons. The van der Waals surface area contributed by atoms with Crippen molar-refractivity contribution in [1.29, 1.82) is 0 Å². The first-order chi connectivity index (χ1) is 10.1. The maximum atomic E-state index is 11.0. The van der Waals surface area contributed by atoms with Gasteiger partial charge in [0.1, 0.15) is 12.0 Å². The molecule has 0 N–H and O–H groups in total. The monoisotopic (exact) mass is 286 g/mol. The van der Waals surface area contributed by atoms with Gasteiger partial charge in [0.05, 0.1) is 14.2 Å². The maximum Gasteiger partial charge on any atom is 0.203 e. The smallest absolute Gasteiger partial charge is 0.203 e. The van der Waals surface area contributed by atoms with Crippen LogP contribution in [0, 0.1) is 13.8 Å². The normalized spacial score (nSPS) is 10.1. The highest BCUT2D eigenvalue weighted by Gasteiger charge is 2.15. The van der Waals surface area contributed by atoms with Gasteiger partial charge in [0.25, 0.3) is 0 Å². The lowest BCUT2D eigenvalue weighted by molar-refractivity contribution is 0.112. The predicted molar refractivity (Wildman–Crippen MR) is 80.9 cm³/mol. The fourth-order valence-corrected chi connectivity index (χ4v) is 2.05. The van der Waals surface area contributed by atoms with E-state index in [4.69, 9.17) is 14.2 Å². The quantitative estimate of drug-likeness (QED) is 0.781. The highest BCUT2D eigenvalue weighted by atomic mass is 16.5. The Hall–Kier alpha value is -2.49. The fraction of sp³-hybridized carbons (Fsp3) is 0.235. The minimum Gasteiger partial charge on any atom is -0.493 e. The van der Waals surface area contributed by atoms with Crippen molar-refractivity contribution in [3.8, 4) is 23.0 Å². The minimum absolute atomic E-state index is 0.452. The Balaban J connectivity index is 2.52. The lowest BCUT2D eigenvalue weighted by Crippen LogP contribution is -1.97. The van der Waals surface area contributed by atoms with E-state index in [9.17, 15) is 4.79 Å². The summed E-state index contributed by atoms with van der Waals surface area (Å²) >= 11 is 0. The first-order valence-corrected chi connectivity index (χ1v) is 6.56. The third-order valence-electron chi connectivity index (χ3n) is 3.38. The third-order valence-corrected chi connectivity index (χ3v) is 3.38. The van der Waals surface area contributed by atoms with Gasteiger partial charge in [0, 0.05) is 5.56 Å². The molecule has 2 rings (SSSR count). The molecule has 0 saturated carbocycles. The van der Waals surface area contributed by atoms with Crippen molar-refractivity contribution in [2.45, 2.75) is 13.8 Å². The molecule has 0 amide bonds. The molecular formula is C17H18O4. The number of carbonyl (C=O) groups excluding carboxylic acids is 1. The number of methoxy groups -OCH3 is 2. The zero-order valence-electron chi connectivity index (χ0n) is 12.6. The highest BCUT2D eigenvalue weighted by molar-refractivity contribution is 5.78. The number of aldehydes is 1. The Morgan fingerprint density at radius 3 is 2.29 bits per heavy atom. The van der Waals surface area contributed by atoms with Crippen molar-refractivity contribution in [2.75, 3.05) is 14.2 Å². The second kappa shape index (κ2) is 6.31. The lowest BCUT2D eigenvalue weighted by atomic mass is 10.1. The van der Waals surface area contributed by atoms with Crippen LogP contribution in [0.2, 0.25) is 0 Å². The van der Waals surface area contributed by atoms with Crippen LogP contribution in [0.5, 0.6) is 23.0 Å². The van der Waals surface area contributed by atoms with E-state index >= 15 is 0 Å². The van der Waals surface area contributed by atoms with Gasteiger partial charge >= 0.3 is 0 Å². The molecule has 2 aromatic rings. The molecule has 2 aromatic carbocycles. The molecule has 0 saturated heterocycles. The summed E-state index contributed by atoms with van der Waals surface area (Å²) in [5.74, 6) is 2.09. The van der Waals surface area contributed by atoms with Gasteiger partial charge in [-0.1, -0.05) is 12.1 Å². The first-order valence-electron chi connectivity index (χ1n) is 6.56. The molecule has 0 atom stereocenters. The standard InChI is InChI=1S/C17H18O4/c1-11-6-5-7-14(12(11)2)21-16-9-13(10-18)8-15(19-3)17(16)20-4/h5-10H,1-4H3. The Labute approximate surface area is 124 Å². The highest BCUT2D eigenvalue weighted by Crippen LogP contribution is 2.41. The summed E-state index contributed by atoms with van der Waals surface area (Å²) in [5.41, 5.74) is 2.63. The average molecular weight is 286 g/mol. The molecule has 0 unspecified atom stereocenters. The molecule has 0 heterocycles. The van der Waals surface area contributed by atoms with E-state index in [1.807, 2.05) is 32.0 Å². The molecule has 0 aliphatic carbocycles. The average Bonchev–Trinajstić information content (AvgIpc) is 2.50. The number of benzene rings is 2. The topological polar surface area (TPSA) is 44.8 Å². The van der Waals surface area contributed by atoms with Crippen LogP contribution in [0.3, 0.4) is 0 Å². The van der Waals surface area contributed by atoms with Crippen LogP contribution < -0.4 is 14.2 Å². The van der Waals surface area contributed by atoms with Gasteiger partial charge in [-0.2, -0.15) is 0 Å². The lowest BCUT2D eigenvalue weighted by Gasteiger charge is -2.16. The van der Waals surface area contributed by atoms with Gasteiger partial charge in [-0.3, -0.25) is 4.79 Å². The van der Waals surface area contributed by atoms with Crippen LogP contribution in [0.1, 0.15) is 21.5 Å². The van der Waals surface area contributed by atoms with Gasteiger partial charge < -0.3 is 14.2 Å². The molecule has 0 bridgehead atoms. The Morgan fingerprint density at radius 1 is 0.952 bits per heavy atom. The van der Waals surface area contributed by atoms with Crippen LogP contribution in [0.15, 0.2) is 30.3 Å². The van der Waals surface area contributed by atoms with Crippen molar-refractivity contribution in [3.63, 3.8) is 0 Å². The summed E-state index contributed by atoms with van der Waals surface area (Å²) < 4.78 is 16.5. The van der Waals surface area contributed by atoms with E-state index in [2.05, 4.69) is 0 Å². The summed E-state index contributed by atoms with van der Waals surface area (Å²) in [5, 5.41) is 0. The van der Waals surface area contributed by atoms with Crippen LogP contribution in [-0.4, -0.2) is 20.5 Å². The SMILES string of the molecule is COc1cc(C=O)cc(Oc2cccc(C)c2C)c1OC. The largest absolute Gasteiger partial charge is 0.493 e. The van der Waals surface area contributed by atoms with Crippen molar-refractivity contribution >= 4 is 6.29 Å². The van der Waals surface area contributed by atoms with Gasteiger partial charge in [-0.15, -0.1) is 0 Å². The van der Waals surface area contributed by atoms with E-state index < -0.39 is 0 Å². The van der Waals surface area contributed by atoms with Crippen LogP contribution in [-0.2, 0) is 0 Å². The predicted octanol–water partition coefficient (Wildman–Crippen LogP) is 3.93.